The minimum absolute atomic E-state index is 0.186. The first-order valence-electron chi connectivity index (χ1n) is 7.26. The molecule has 1 unspecified atom stereocenters. The lowest BCUT2D eigenvalue weighted by Crippen LogP contribution is -2.68. The number of amides is 1. The summed E-state index contributed by atoms with van der Waals surface area (Å²) in [5.41, 5.74) is 0. The Morgan fingerprint density at radius 2 is 1.30 bits per heavy atom. The summed E-state index contributed by atoms with van der Waals surface area (Å²) in [6, 6.07) is 0. The molecule has 0 rings (SSSR count). The van der Waals surface area contributed by atoms with E-state index in [1.54, 1.807) is 5.32 Å². The van der Waals surface area contributed by atoms with Gasteiger partial charge < -0.3 is 5.32 Å². The number of halogens is 12. The van der Waals surface area contributed by atoms with Gasteiger partial charge in [-0.25, -0.2) is 8.78 Å². The lowest BCUT2D eigenvalue weighted by molar-refractivity contribution is -0.413. The van der Waals surface area contributed by atoms with E-state index in [9.17, 15) is 57.5 Å². The number of hydrogen-bond acceptors (Lipinski definition) is 1. The van der Waals surface area contributed by atoms with Crippen molar-refractivity contribution in [1.82, 2.24) is 5.32 Å². The molecule has 0 aliphatic carbocycles. The Balaban J connectivity index is 5.57. The van der Waals surface area contributed by atoms with Gasteiger partial charge in [-0.05, 0) is 6.42 Å². The molecule has 0 saturated heterocycles. The molecule has 27 heavy (non-hydrogen) atoms. The van der Waals surface area contributed by atoms with Crippen LogP contribution < -0.4 is 5.32 Å². The van der Waals surface area contributed by atoms with Crippen LogP contribution >= 0.6 is 0 Å². The number of nitrogens with one attached hydrogen (secondary N) is 1. The SMILES string of the molecule is CCC(C)C(=O)NCCC(F)(F)C(F)(F)C(F)(F)C(F)(F)C(F)(F)C(F)F. The Bertz CT molecular complexity index is 519. The molecule has 14 heteroatoms. The summed E-state index contributed by atoms with van der Waals surface area (Å²) in [6.07, 6.45) is -7.68. The van der Waals surface area contributed by atoms with Crippen LogP contribution in [0.25, 0.3) is 0 Å². The highest BCUT2D eigenvalue weighted by molar-refractivity contribution is 5.78. The van der Waals surface area contributed by atoms with Crippen LogP contribution in [0.15, 0.2) is 0 Å². The molecule has 0 heterocycles. The van der Waals surface area contributed by atoms with Crippen molar-refractivity contribution in [2.75, 3.05) is 6.54 Å². The van der Waals surface area contributed by atoms with E-state index in [1.807, 2.05) is 0 Å². The molecule has 1 amide bonds. The van der Waals surface area contributed by atoms with Crippen molar-refractivity contribution in [1.29, 1.82) is 0 Å². The fourth-order valence-electron chi connectivity index (χ4n) is 1.63. The van der Waals surface area contributed by atoms with Crippen molar-refractivity contribution in [3.8, 4) is 0 Å². The van der Waals surface area contributed by atoms with Gasteiger partial charge in [0.05, 0.1) is 0 Å². The second-order valence-electron chi connectivity index (χ2n) is 5.70. The second-order valence-corrected chi connectivity index (χ2v) is 5.70. The molecule has 0 bridgehead atoms. The Morgan fingerprint density at radius 1 is 0.852 bits per heavy atom. The zero-order chi connectivity index (χ0) is 22.1. The number of alkyl halides is 12. The molecule has 0 fully saturated rings. The summed E-state index contributed by atoms with van der Waals surface area (Å²) < 4.78 is 155. The summed E-state index contributed by atoms with van der Waals surface area (Å²) in [7, 11) is 0. The minimum atomic E-state index is -7.54. The second kappa shape index (κ2) is 7.94. The van der Waals surface area contributed by atoms with Crippen molar-refractivity contribution >= 4 is 5.91 Å². The summed E-state index contributed by atoms with van der Waals surface area (Å²) in [5.74, 6) is -37.0. The maximum absolute atomic E-state index is 13.4. The molecule has 0 saturated carbocycles. The predicted molar refractivity (Wildman–Crippen MR) is 67.8 cm³/mol. The van der Waals surface area contributed by atoms with Crippen molar-refractivity contribution in [3.05, 3.63) is 0 Å². The van der Waals surface area contributed by atoms with Gasteiger partial charge in [0.1, 0.15) is 0 Å². The molecule has 162 valence electrons. The van der Waals surface area contributed by atoms with Crippen LogP contribution in [0.1, 0.15) is 26.7 Å². The van der Waals surface area contributed by atoms with E-state index in [1.165, 1.54) is 13.8 Å². The molecule has 0 aliphatic heterocycles. The van der Waals surface area contributed by atoms with Gasteiger partial charge in [0.25, 0.3) is 0 Å². The first-order chi connectivity index (χ1) is 11.8. The van der Waals surface area contributed by atoms with E-state index < -0.39 is 60.8 Å². The highest BCUT2D eigenvalue weighted by Gasteiger charge is 2.87. The van der Waals surface area contributed by atoms with Crippen LogP contribution in [-0.4, -0.2) is 48.5 Å². The van der Waals surface area contributed by atoms with Gasteiger partial charge >= 0.3 is 36.0 Å². The molecular formula is C13H15F12NO. The third-order valence-corrected chi connectivity index (χ3v) is 3.74. The largest absolute Gasteiger partial charge is 0.384 e. The Morgan fingerprint density at radius 3 is 1.67 bits per heavy atom. The van der Waals surface area contributed by atoms with Crippen LogP contribution in [0, 0.1) is 5.92 Å². The van der Waals surface area contributed by atoms with Crippen LogP contribution in [0.3, 0.4) is 0 Å². The van der Waals surface area contributed by atoms with Crippen molar-refractivity contribution in [2.45, 2.75) is 62.7 Å². The molecule has 2 nitrogen and oxygen atoms in total. The molecule has 0 spiro atoms. The highest BCUT2D eigenvalue weighted by atomic mass is 19.4. The first kappa shape index (κ1) is 25.6. The van der Waals surface area contributed by atoms with E-state index in [4.69, 9.17) is 0 Å². The van der Waals surface area contributed by atoms with Gasteiger partial charge in [-0.1, -0.05) is 13.8 Å². The Kier molecular flexibility index (Phi) is 7.53. The van der Waals surface area contributed by atoms with E-state index in [0.717, 1.165) is 0 Å². The van der Waals surface area contributed by atoms with E-state index in [-0.39, 0.29) is 6.42 Å². The van der Waals surface area contributed by atoms with E-state index >= 15 is 0 Å². The third-order valence-electron chi connectivity index (χ3n) is 3.74. The van der Waals surface area contributed by atoms with Crippen molar-refractivity contribution in [3.63, 3.8) is 0 Å². The van der Waals surface area contributed by atoms with Crippen LogP contribution in [-0.2, 0) is 4.79 Å². The average Bonchev–Trinajstić information content (AvgIpc) is 2.52. The fraction of sp³-hybridized carbons (Fsp3) is 0.923. The number of carbonyl (C=O) groups is 1. The monoisotopic (exact) mass is 429 g/mol. The predicted octanol–water partition coefficient (Wildman–Crippen LogP) is 4.98. The maximum atomic E-state index is 13.4. The average molecular weight is 429 g/mol. The molecule has 0 radical (unpaired) electrons. The smallest absolute Gasteiger partial charge is 0.356 e. The summed E-state index contributed by atoms with van der Waals surface area (Å²) in [4.78, 5) is 11.3. The van der Waals surface area contributed by atoms with E-state index in [2.05, 4.69) is 0 Å². The van der Waals surface area contributed by atoms with Crippen LogP contribution in [0.5, 0.6) is 0 Å². The Hall–Kier alpha value is -1.37. The summed E-state index contributed by atoms with van der Waals surface area (Å²) >= 11 is 0. The fourth-order valence-corrected chi connectivity index (χ4v) is 1.63. The Labute approximate surface area is 145 Å². The molecule has 0 aliphatic rings. The van der Waals surface area contributed by atoms with Gasteiger partial charge in [-0.2, -0.15) is 43.9 Å². The van der Waals surface area contributed by atoms with Gasteiger partial charge in [-0.3, -0.25) is 4.79 Å². The van der Waals surface area contributed by atoms with Crippen LogP contribution in [0.2, 0.25) is 0 Å². The molecule has 0 aromatic carbocycles. The van der Waals surface area contributed by atoms with Crippen LogP contribution in [0.4, 0.5) is 52.7 Å². The first-order valence-corrected chi connectivity index (χ1v) is 7.26. The van der Waals surface area contributed by atoms with Gasteiger partial charge in [0, 0.05) is 18.9 Å². The third kappa shape index (κ3) is 4.39. The highest BCUT2D eigenvalue weighted by Crippen LogP contribution is 2.58. The zero-order valence-electron chi connectivity index (χ0n) is 13.7. The molecule has 1 N–H and O–H groups in total. The van der Waals surface area contributed by atoms with E-state index in [0.29, 0.717) is 0 Å². The number of carbonyl (C=O) groups excluding carboxylic acids is 1. The zero-order valence-corrected chi connectivity index (χ0v) is 13.7. The topological polar surface area (TPSA) is 29.1 Å². The standard InChI is InChI=1S/C13H15F12NO/c1-3-6(2)7(27)26-5-4-9(16,17)11(20,21)13(24,25)12(22,23)10(18,19)8(14)15/h6,8H,3-5H2,1-2H3,(H,26,27). The molecule has 1 atom stereocenters. The minimum Gasteiger partial charge on any atom is -0.356 e. The molecular weight excluding hydrogens is 414 g/mol. The molecule has 0 aromatic heterocycles. The number of rotatable bonds is 10. The quantitative estimate of drug-likeness (QED) is 0.488. The molecule has 0 aromatic rings. The van der Waals surface area contributed by atoms with Crippen molar-refractivity contribution in [2.24, 2.45) is 5.92 Å². The summed E-state index contributed by atoms with van der Waals surface area (Å²) in [5, 5.41) is 1.65. The van der Waals surface area contributed by atoms with Gasteiger partial charge in [0.2, 0.25) is 5.91 Å². The normalized spacial score (nSPS) is 15.8. The number of hydrogen-bond donors (Lipinski definition) is 1. The van der Waals surface area contributed by atoms with Gasteiger partial charge in [0.15, 0.2) is 0 Å². The van der Waals surface area contributed by atoms with Gasteiger partial charge in [-0.15, -0.1) is 0 Å². The maximum Gasteiger partial charge on any atom is 0.384 e. The lowest BCUT2D eigenvalue weighted by Gasteiger charge is -2.39. The summed E-state index contributed by atoms with van der Waals surface area (Å²) in [6.45, 7) is 1.39. The van der Waals surface area contributed by atoms with Crippen molar-refractivity contribution < 1.29 is 57.5 Å². The lowest BCUT2D eigenvalue weighted by atomic mass is 9.93.